The Labute approximate surface area is 174 Å². The van der Waals surface area contributed by atoms with Gasteiger partial charge in [0.2, 0.25) is 5.91 Å². The number of fused-ring (bicyclic) bond motifs is 1. The molecule has 0 bridgehead atoms. The van der Waals surface area contributed by atoms with Gasteiger partial charge in [-0.2, -0.15) is 0 Å². The molecule has 0 radical (unpaired) electrons. The van der Waals surface area contributed by atoms with E-state index in [1.807, 2.05) is 56.3 Å². The monoisotopic (exact) mass is 395 g/mol. The van der Waals surface area contributed by atoms with E-state index in [1.54, 1.807) is 24.3 Å². The third-order valence-corrected chi connectivity index (χ3v) is 5.05. The van der Waals surface area contributed by atoms with Crippen molar-refractivity contribution in [3.8, 4) is 11.3 Å². The first-order chi connectivity index (χ1) is 14.4. The molecule has 1 aromatic heterocycles. The molecule has 0 fully saturated rings. The molecule has 0 aliphatic heterocycles. The van der Waals surface area contributed by atoms with Crippen molar-refractivity contribution in [3.05, 3.63) is 95.1 Å². The van der Waals surface area contributed by atoms with E-state index in [2.05, 4.69) is 11.4 Å². The van der Waals surface area contributed by atoms with Crippen molar-refractivity contribution in [2.24, 2.45) is 5.73 Å². The Morgan fingerprint density at radius 3 is 2.33 bits per heavy atom. The van der Waals surface area contributed by atoms with Crippen LogP contribution < -0.4 is 11.1 Å². The summed E-state index contributed by atoms with van der Waals surface area (Å²) in [5, 5.41) is 3.68. The second-order valence-electron chi connectivity index (χ2n) is 7.29. The summed E-state index contributed by atoms with van der Waals surface area (Å²) in [5.74, 6) is -0.752. The van der Waals surface area contributed by atoms with Gasteiger partial charge in [0, 0.05) is 22.2 Å². The molecule has 3 aromatic carbocycles. The van der Waals surface area contributed by atoms with Crippen LogP contribution in [0.15, 0.2) is 72.8 Å². The standard InChI is InChI=1S/C25H21N3O2/c1-15-7-12-19(16(2)13-15)23-14-21(20-5-3-4-6-22(20)28-23)25(30)27-18-10-8-17(9-11-18)24(26)29/h3-14H,1-2H3,(H2,26,29)(H,27,30). The maximum absolute atomic E-state index is 13.1. The summed E-state index contributed by atoms with van der Waals surface area (Å²) in [4.78, 5) is 29.2. The van der Waals surface area contributed by atoms with Crippen molar-refractivity contribution in [2.45, 2.75) is 13.8 Å². The lowest BCUT2D eigenvalue weighted by Crippen LogP contribution is -2.14. The van der Waals surface area contributed by atoms with Crippen molar-refractivity contribution in [3.63, 3.8) is 0 Å². The third-order valence-electron chi connectivity index (χ3n) is 5.05. The number of nitrogens with zero attached hydrogens (tertiary/aromatic N) is 1. The molecule has 4 rings (SSSR count). The highest BCUT2D eigenvalue weighted by Crippen LogP contribution is 2.28. The summed E-state index contributed by atoms with van der Waals surface area (Å²) in [5.41, 5.74) is 11.6. The van der Waals surface area contributed by atoms with Gasteiger partial charge in [-0.25, -0.2) is 4.98 Å². The minimum absolute atomic E-state index is 0.244. The number of carbonyl (C=O) groups excluding carboxylic acids is 2. The second-order valence-corrected chi connectivity index (χ2v) is 7.29. The molecule has 5 nitrogen and oxygen atoms in total. The first kappa shape index (κ1) is 19.3. The predicted molar refractivity (Wildman–Crippen MR) is 120 cm³/mol. The number of rotatable bonds is 4. The minimum Gasteiger partial charge on any atom is -0.366 e. The summed E-state index contributed by atoms with van der Waals surface area (Å²) in [6.07, 6.45) is 0. The van der Waals surface area contributed by atoms with E-state index in [0.29, 0.717) is 16.8 Å². The van der Waals surface area contributed by atoms with Gasteiger partial charge in [-0.1, -0.05) is 42.0 Å². The highest BCUT2D eigenvalue weighted by atomic mass is 16.2. The Bertz CT molecular complexity index is 1280. The van der Waals surface area contributed by atoms with E-state index in [4.69, 9.17) is 10.7 Å². The highest BCUT2D eigenvalue weighted by Gasteiger charge is 2.15. The van der Waals surface area contributed by atoms with Gasteiger partial charge in [0.05, 0.1) is 16.8 Å². The molecule has 0 unspecified atom stereocenters. The Balaban J connectivity index is 1.77. The zero-order chi connectivity index (χ0) is 21.3. The molecule has 0 saturated carbocycles. The number of hydrogen-bond acceptors (Lipinski definition) is 3. The van der Waals surface area contributed by atoms with Gasteiger partial charge < -0.3 is 11.1 Å². The molecule has 0 aliphatic rings. The Hall–Kier alpha value is -3.99. The van der Waals surface area contributed by atoms with Crippen LogP contribution >= 0.6 is 0 Å². The molecule has 0 atom stereocenters. The number of primary amides is 1. The van der Waals surface area contributed by atoms with Gasteiger partial charge in [0.1, 0.15) is 0 Å². The van der Waals surface area contributed by atoms with Crippen molar-refractivity contribution in [1.29, 1.82) is 0 Å². The molecule has 4 aromatic rings. The largest absolute Gasteiger partial charge is 0.366 e. The van der Waals surface area contributed by atoms with Gasteiger partial charge in [-0.05, 0) is 55.8 Å². The summed E-state index contributed by atoms with van der Waals surface area (Å²) >= 11 is 0. The van der Waals surface area contributed by atoms with Crippen LogP contribution in [0.2, 0.25) is 0 Å². The number of aryl methyl sites for hydroxylation is 2. The summed E-state index contributed by atoms with van der Waals surface area (Å²) in [7, 11) is 0. The summed E-state index contributed by atoms with van der Waals surface area (Å²) < 4.78 is 0. The normalized spacial score (nSPS) is 10.7. The van der Waals surface area contributed by atoms with Crippen molar-refractivity contribution in [2.75, 3.05) is 5.32 Å². The molecule has 0 saturated heterocycles. The second kappa shape index (κ2) is 7.79. The first-order valence-electron chi connectivity index (χ1n) is 9.61. The highest BCUT2D eigenvalue weighted by molar-refractivity contribution is 6.13. The predicted octanol–water partition coefficient (Wildman–Crippen LogP) is 4.87. The molecule has 30 heavy (non-hydrogen) atoms. The fraction of sp³-hybridized carbons (Fsp3) is 0.0800. The number of pyridine rings is 1. The van der Waals surface area contributed by atoms with E-state index < -0.39 is 5.91 Å². The molecule has 1 heterocycles. The van der Waals surface area contributed by atoms with Crippen LogP contribution in [0.4, 0.5) is 5.69 Å². The molecule has 0 spiro atoms. The van der Waals surface area contributed by atoms with Crippen molar-refractivity contribution < 1.29 is 9.59 Å². The van der Waals surface area contributed by atoms with E-state index in [0.717, 1.165) is 27.7 Å². The number of aromatic nitrogens is 1. The van der Waals surface area contributed by atoms with Crippen LogP contribution in [0, 0.1) is 13.8 Å². The average Bonchev–Trinajstić information content (AvgIpc) is 2.73. The van der Waals surface area contributed by atoms with Crippen molar-refractivity contribution in [1.82, 2.24) is 4.98 Å². The lowest BCUT2D eigenvalue weighted by atomic mass is 9.99. The molecule has 2 amide bonds. The number of benzene rings is 3. The van der Waals surface area contributed by atoms with Gasteiger partial charge in [0.15, 0.2) is 0 Å². The quantitative estimate of drug-likeness (QED) is 0.517. The minimum atomic E-state index is -0.508. The van der Waals surface area contributed by atoms with Crippen LogP contribution in [0.3, 0.4) is 0 Å². The number of amides is 2. The van der Waals surface area contributed by atoms with Crippen LogP contribution in [0.5, 0.6) is 0 Å². The zero-order valence-electron chi connectivity index (χ0n) is 16.8. The number of para-hydroxylation sites is 1. The van der Waals surface area contributed by atoms with Crippen LogP contribution in [-0.2, 0) is 0 Å². The number of hydrogen-bond donors (Lipinski definition) is 2. The molecule has 148 valence electrons. The lowest BCUT2D eigenvalue weighted by molar-refractivity contribution is 0.0998. The maximum Gasteiger partial charge on any atom is 0.256 e. The average molecular weight is 395 g/mol. The van der Waals surface area contributed by atoms with Gasteiger partial charge in [-0.3, -0.25) is 9.59 Å². The summed E-state index contributed by atoms with van der Waals surface area (Å²) in [6.45, 7) is 4.09. The lowest BCUT2D eigenvalue weighted by Gasteiger charge is -2.12. The van der Waals surface area contributed by atoms with Crippen molar-refractivity contribution >= 4 is 28.4 Å². The number of nitrogens with one attached hydrogen (secondary N) is 1. The van der Waals surface area contributed by atoms with E-state index in [-0.39, 0.29) is 5.91 Å². The fourth-order valence-corrected chi connectivity index (χ4v) is 3.52. The molecule has 5 heteroatoms. The Kier molecular flexibility index (Phi) is 5.02. The van der Waals surface area contributed by atoms with Gasteiger partial charge in [-0.15, -0.1) is 0 Å². The van der Waals surface area contributed by atoms with Crippen LogP contribution in [0.1, 0.15) is 31.8 Å². The molecule has 3 N–H and O–H groups in total. The van der Waals surface area contributed by atoms with Gasteiger partial charge in [0.25, 0.3) is 5.91 Å². The zero-order valence-corrected chi connectivity index (χ0v) is 16.8. The van der Waals surface area contributed by atoms with Gasteiger partial charge >= 0.3 is 0 Å². The number of anilines is 1. The molecular weight excluding hydrogens is 374 g/mol. The number of nitrogens with two attached hydrogens (primary N) is 1. The Morgan fingerprint density at radius 2 is 1.63 bits per heavy atom. The fourth-order valence-electron chi connectivity index (χ4n) is 3.52. The topological polar surface area (TPSA) is 85.1 Å². The maximum atomic E-state index is 13.1. The third kappa shape index (κ3) is 3.78. The van der Waals surface area contributed by atoms with Crippen LogP contribution in [0.25, 0.3) is 22.2 Å². The van der Waals surface area contributed by atoms with Crippen LogP contribution in [-0.4, -0.2) is 16.8 Å². The van der Waals surface area contributed by atoms with E-state index in [9.17, 15) is 9.59 Å². The number of carbonyl (C=O) groups is 2. The molecule has 0 aliphatic carbocycles. The first-order valence-corrected chi connectivity index (χ1v) is 9.61. The summed E-state index contributed by atoms with van der Waals surface area (Å²) in [6, 6.07) is 22.1. The smallest absolute Gasteiger partial charge is 0.256 e. The van der Waals surface area contributed by atoms with E-state index in [1.165, 1.54) is 5.56 Å². The molecular formula is C25H21N3O2. The Morgan fingerprint density at radius 1 is 0.900 bits per heavy atom. The van der Waals surface area contributed by atoms with E-state index >= 15 is 0 Å². The SMILES string of the molecule is Cc1ccc(-c2cc(C(=O)Nc3ccc(C(N)=O)cc3)c3ccccc3n2)c(C)c1.